The van der Waals surface area contributed by atoms with E-state index in [1.165, 1.54) is 0 Å². The van der Waals surface area contributed by atoms with Gasteiger partial charge < -0.3 is 9.32 Å². The summed E-state index contributed by atoms with van der Waals surface area (Å²) in [6.07, 6.45) is 0.546. The van der Waals surface area contributed by atoms with Gasteiger partial charge in [-0.25, -0.2) is 0 Å². The molecule has 0 unspecified atom stereocenters. The van der Waals surface area contributed by atoms with Crippen LogP contribution in [0.3, 0.4) is 0 Å². The van der Waals surface area contributed by atoms with Crippen LogP contribution in [0.1, 0.15) is 17.2 Å². The van der Waals surface area contributed by atoms with Gasteiger partial charge in [0.25, 0.3) is 0 Å². The van der Waals surface area contributed by atoms with E-state index in [9.17, 15) is 4.79 Å². The molecule has 0 N–H and O–H groups in total. The molecule has 1 aromatic heterocycles. The van der Waals surface area contributed by atoms with Gasteiger partial charge in [0.2, 0.25) is 5.91 Å². The molecule has 0 saturated carbocycles. The van der Waals surface area contributed by atoms with Crippen molar-refractivity contribution in [3.05, 3.63) is 77.0 Å². The summed E-state index contributed by atoms with van der Waals surface area (Å²) in [4.78, 5) is 14.3. The molecule has 4 heteroatoms. The third kappa shape index (κ3) is 2.42. The van der Waals surface area contributed by atoms with Crippen LogP contribution in [0.2, 0.25) is 5.02 Å². The molecule has 1 aliphatic heterocycles. The first kappa shape index (κ1) is 15.0. The number of furan rings is 1. The number of hydrogen-bond acceptors (Lipinski definition) is 2. The number of benzene rings is 2. The number of anilines is 1. The van der Waals surface area contributed by atoms with Gasteiger partial charge in [0.15, 0.2) is 0 Å². The molecule has 0 saturated heterocycles. The Morgan fingerprint density at radius 3 is 2.62 bits per heavy atom. The third-order valence-electron chi connectivity index (χ3n) is 4.51. The summed E-state index contributed by atoms with van der Waals surface area (Å²) in [5.41, 5.74) is 2.90. The minimum atomic E-state index is -0.198. The summed E-state index contributed by atoms with van der Waals surface area (Å²) < 4.78 is 5.96. The molecule has 1 amide bonds. The SMILES string of the molecule is CN1C(=O)[C@@H](Cc2ccc(-c3ccccc3Cl)o2)c2ccccc21. The van der Waals surface area contributed by atoms with Crippen molar-refractivity contribution in [1.29, 1.82) is 0 Å². The van der Waals surface area contributed by atoms with Crippen LogP contribution in [-0.4, -0.2) is 13.0 Å². The Hall–Kier alpha value is -2.52. The summed E-state index contributed by atoms with van der Waals surface area (Å²) in [5.74, 6) is 1.42. The molecule has 1 aliphatic rings. The number of para-hydroxylation sites is 1. The van der Waals surface area contributed by atoms with Gasteiger partial charge in [0, 0.05) is 24.7 Å². The first-order chi connectivity index (χ1) is 11.6. The molecule has 4 rings (SSSR count). The highest BCUT2D eigenvalue weighted by molar-refractivity contribution is 6.33. The van der Waals surface area contributed by atoms with Crippen molar-refractivity contribution in [2.45, 2.75) is 12.3 Å². The monoisotopic (exact) mass is 337 g/mol. The quantitative estimate of drug-likeness (QED) is 0.681. The van der Waals surface area contributed by atoms with Gasteiger partial charge in [-0.1, -0.05) is 41.9 Å². The van der Waals surface area contributed by atoms with E-state index in [1.807, 2.05) is 67.7 Å². The van der Waals surface area contributed by atoms with Crippen molar-refractivity contribution in [2.24, 2.45) is 0 Å². The Bertz CT molecular complexity index is 915. The molecule has 0 fully saturated rings. The van der Waals surface area contributed by atoms with Crippen LogP contribution in [0, 0.1) is 0 Å². The Morgan fingerprint density at radius 1 is 1.04 bits per heavy atom. The van der Waals surface area contributed by atoms with Crippen LogP contribution in [0.5, 0.6) is 0 Å². The van der Waals surface area contributed by atoms with E-state index in [2.05, 4.69) is 0 Å². The summed E-state index contributed by atoms with van der Waals surface area (Å²) in [5, 5.41) is 0.653. The van der Waals surface area contributed by atoms with Crippen LogP contribution in [0.25, 0.3) is 11.3 Å². The van der Waals surface area contributed by atoms with Gasteiger partial charge in [-0.2, -0.15) is 0 Å². The van der Waals surface area contributed by atoms with E-state index < -0.39 is 0 Å². The van der Waals surface area contributed by atoms with Crippen molar-refractivity contribution in [3.63, 3.8) is 0 Å². The zero-order valence-electron chi connectivity index (χ0n) is 13.2. The third-order valence-corrected chi connectivity index (χ3v) is 4.84. The van der Waals surface area contributed by atoms with Crippen molar-refractivity contribution in [3.8, 4) is 11.3 Å². The lowest BCUT2D eigenvalue weighted by Crippen LogP contribution is -2.24. The maximum Gasteiger partial charge on any atom is 0.234 e. The van der Waals surface area contributed by atoms with Crippen molar-refractivity contribution in [2.75, 3.05) is 11.9 Å². The molecular formula is C20H16ClNO2. The lowest BCUT2D eigenvalue weighted by atomic mass is 9.96. The van der Waals surface area contributed by atoms with Gasteiger partial charge in [-0.15, -0.1) is 0 Å². The van der Waals surface area contributed by atoms with Gasteiger partial charge in [0.1, 0.15) is 11.5 Å². The molecule has 0 bridgehead atoms. The molecule has 2 aromatic carbocycles. The molecule has 3 aromatic rings. The van der Waals surface area contributed by atoms with E-state index in [4.69, 9.17) is 16.0 Å². The van der Waals surface area contributed by atoms with Crippen LogP contribution < -0.4 is 4.90 Å². The lowest BCUT2D eigenvalue weighted by molar-refractivity contribution is -0.119. The topological polar surface area (TPSA) is 33.5 Å². The van der Waals surface area contributed by atoms with Gasteiger partial charge in [-0.05, 0) is 35.9 Å². The maximum absolute atomic E-state index is 12.6. The zero-order chi connectivity index (χ0) is 16.7. The van der Waals surface area contributed by atoms with E-state index in [0.29, 0.717) is 11.4 Å². The predicted octanol–water partition coefficient (Wildman–Crippen LogP) is 4.90. The molecule has 0 aliphatic carbocycles. The number of fused-ring (bicyclic) bond motifs is 1. The molecule has 24 heavy (non-hydrogen) atoms. The number of carbonyl (C=O) groups excluding carboxylic acids is 1. The maximum atomic E-state index is 12.6. The summed E-state index contributed by atoms with van der Waals surface area (Å²) in [6, 6.07) is 19.3. The van der Waals surface area contributed by atoms with Crippen LogP contribution in [0.15, 0.2) is 65.1 Å². The van der Waals surface area contributed by atoms with Crippen molar-refractivity contribution >= 4 is 23.2 Å². The summed E-state index contributed by atoms with van der Waals surface area (Å²) in [6.45, 7) is 0. The Kier molecular flexibility index (Phi) is 3.66. The molecule has 0 radical (unpaired) electrons. The van der Waals surface area contributed by atoms with E-state index in [0.717, 1.165) is 28.3 Å². The fourth-order valence-electron chi connectivity index (χ4n) is 3.27. The highest BCUT2D eigenvalue weighted by Crippen LogP contribution is 2.39. The smallest absolute Gasteiger partial charge is 0.234 e. The molecular weight excluding hydrogens is 322 g/mol. The summed E-state index contributed by atoms with van der Waals surface area (Å²) in [7, 11) is 1.82. The molecule has 1 atom stereocenters. The van der Waals surface area contributed by atoms with Gasteiger partial charge >= 0.3 is 0 Å². The predicted molar refractivity (Wildman–Crippen MR) is 95.5 cm³/mol. The van der Waals surface area contributed by atoms with Gasteiger partial charge in [-0.3, -0.25) is 4.79 Å². The molecule has 3 nitrogen and oxygen atoms in total. The first-order valence-electron chi connectivity index (χ1n) is 7.85. The standard InChI is InChI=1S/C20H16ClNO2/c1-22-18-9-5-3-6-14(18)16(20(22)23)12-13-10-11-19(24-13)15-7-2-4-8-17(15)21/h2-11,16H,12H2,1H3/t16-/m0/s1. The number of hydrogen-bond donors (Lipinski definition) is 0. The highest BCUT2D eigenvalue weighted by Gasteiger charge is 2.35. The first-order valence-corrected chi connectivity index (χ1v) is 8.23. The second kappa shape index (κ2) is 5.84. The Balaban J connectivity index is 1.63. The largest absolute Gasteiger partial charge is 0.461 e. The van der Waals surface area contributed by atoms with Crippen LogP contribution in [0.4, 0.5) is 5.69 Å². The number of halogens is 1. The zero-order valence-corrected chi connectivity index (χ0v) is 14.0. The van der Waals surface area contributed by atoms with Crippen LogP contribution in [-0.2, 0) is 11.2 Å². The molecule has 2 heterocycles. The minimum Gasteiger partial charge on any atom is -0.461 e. The normalized spacial score (nSPS) is 16.5. The number of nitrogens with zero attached hydrogens (tertiary/aromatic N) is 1. The molecule has 120 valence electrons. The average Bonchev–Trinajstić information content (AvgIpc) is 3.15. The lowest BCUT2D eigenvalue weighted by Gasteiger charge is -2.10. The Morgan fingerprint density at radius 2 is 1.79 bits per heavy atom. The fourth-order valence-corrected chi connectivity index (χ4v) is 3.49. The fraction of sp³-hybridized carbons (Fsp3) is 0.150. The van der Waals surface area contributed by atoms with Gasteiger partial charge in [0.05, 0.1) is 10.9 Å². The number of carbonyl (C=O) groups is 1. The highest BCUT2D eigenvalue weighted by atomic mass is 35.5. The number of rotatable bonds is 3. The van der Waals surface area contributed by atoms with Crippen molar-refractivity contribution in [1.82, 2.24) is 0 Å². The second-order valence-corrected chi connectivity index (χ2v) is 6.37. The summed E-state index contributed by atoms with van der Waals surface area (Å²) >= 11 is 6.23. The number of amides is 1. The number of likely N-dealkylation sites (N-methyl/N-ethyl adjacent to an activating group) is 1. The van der Waals surface area contributed by atoms with E-state index in [1.54, 1.807) is 4.90 Å². The minimum absolute atomic E-state index is 0.104. The Labute approximate surface area is 145 Å². The van der Waals surface area contributed by atoms with Crippen LogP contribution >= 0.6 is 11.6 Å². The molecule has 0 spiro atoms. The van der Waals surface area contributed by atoms with E-state index in [-0.39, 0.29) is 11.8 Å². The average molecular weight is 338 g/mol. The van der Waals surface area contributed by atoms with E-state index >= 15 is 0 Å². The second-order valence-electron chi connectivity index (χ2n) is 5.96. The van der Waals surface area contributed by atoms with Crippen molar-refractivity contribution < 1.29 is 9.21 Å².